The Morgan fingerprint density at radius 1 is 1.10 bits per heavy atom. The number of thiophene rings is 1. The van der Waals surface area contributed by atoms with Crippen LogP contribution in [0.3, 0.4) is 0 Å². The number of nitrogens with one attached hydrogen (secondary N) is 1. The minimum atomic E-state index is 0.224. The van der Waals surface area contributed by atoms with Gasteiger partial charge in [-0.1, -0.05) is 29.3 Å². The summed E-state index contributed by atoms with van der Waals surface area (Å²) in [5.74, 6) is 5.84. The molecule has 3 heteroatoms. The third-order valence-corrected chi connectivity index (χ3v) is 5.63. The minimum absolute atomic E-state index is 0.224. The highest BCUT2D eigenvalue weighted by Crippen LogP contribution is 2.34. The van der Waals surface area contributed by atoms with Crippen molar-refractivity contribution < 1.29 is 0 Å². The molecule has 1 aliphatic rings. The molecule has 2 aromatic rings. The van der Waals surface area contributed by atoms with E-state index in [-0.39, 0.29) is 6.04 Å². The lowest BCUT2D eigenvalue weighted by Crippen LogP contribution is -2.29. The van der Waals surface area contributed by atoms with E-state index in [9.17, 15) is 0 Å². The number of hydrogen-bond donors (Lipinski definition) is 2. The molecule has 0 aliphatic heterocycles. The van der Waals surface area contributed by atoms with Crippen molar-refractivity contribution >= 4 is 11.3 Å². The highest BCUT2D eigenvalue weighted by molar-refractivity contribution is 7.12. The van der Waals surface area contributed by atoms with Crippen molar-refractivity contribution in [2.24, 2.45) is 5.84 Å². The second kappa shape index (κ2) is 6.30. The molecule has 0 spiro atoms. The molecular formula is C18H24N2S. The third-order valence-electron chi connectivity index (χ3n) is 4.28. The Labute approximate surface area is 131 Å². The molecule has 1 atom stereocenters. The molecule has 0 fully saturated rings. The molecule has 0 radical (unpaired) electrons. The van der Waals surface area contributed by atoms with Gasteiger partial charge in [-0.15, -0.1) is 11.3 Å². The van der Waals surface area contributed by atoms with Crippen LogP contribution in [0.15, 0.2) is 24.3 Å². The second-order valence-electron chi connectivity index (χ2n) is 6.22. The van der Waals surface area contributed by atoms with E-state index in [1.54, 1.807) is 10.4 Å². The zero-order valence-corrected chi connectivity index (χ0v) is 13.7. The lowest BCUT2D eigenvalue weighted by Gasteiger charge is -2.15. The van der Waals surface area contributed by atoms with Gasteiger partial charge in [-0.3, -0.25) is 11.3 Å². The van der Waals surface area contributed by atoms with E-state index in [2.05, 4.69) is 43.5 Å². The highest BCUT2D eigenvalue weighted by Gasteiger charge is 2.19. The first-order valence-electron chi connectivity index (χ1n) is 7.80. The topological polar surface area (TPSA) is 38.0 Å². The first-order chi connectivity index (χ1) is 10.2. The van der Waals surface area contributed by atoms with Crippen molar-refractivity contribution in [3.8, 4) is 0 Å². The van der Waals surface area contributed by atoms with E-state index < -0.39 is 0 Å². The van der Waals surface area contributed by atoms with Crippen LogP contribution in [0.5, 0.6) is 0 Å². The van der Waals surface area contributed by atoms with Crippen LogP contribution in [-0.2, 0) is 19.3 Å². The molecule has 0 bridgehead atoms. The zero-order valence-electron chi connectivity index (χ0n) is 12.9. The van der Waals surface area contributed by atoms with Gasteiger partial charge in [0.2, 0.25) is 0 Å². The van der Waals surface area contributed by atoms with Gasteiger partial charge in [0, 0.05) is 9.75 Å². The van der Waals surface area contributed by atoms with E-state index in [0.717, 1.165) is 6.42 Å². The Hall–Kier alpha value is -1.16. The fraction of sp³-hybridized carbons (Fsp3) is 0.444. The summed E-state index contributed by atoms with van der Waals surface area (Å²) in [6.07, 6.45) is 6.12. The number of nitrogens with two attached hydrogens (primary N) is 1. The van der Waals surface area contributed by atoms with Crippen molar-refractivity contribution in [1.82, 2.24) is 5.43 Å². The van der Waals surface area contributed by atoms with Gasteiger partial charge in [0.25, 0.3) is 0 Å². The molecule has 0 saturated heterocycles. The lowest BCUT2D eigenvalue weighted by atomic mass is 9.97. The quantitative estimate of drug-likeness (QED) is 0.662. The predicted octanol–water partition coefficient (Wildman–Crippen LogP) is 3.99. The largest absolute Gasteiger partial charge is 0.271 e. The SMILES string of the molecule is Cc1cc(C)cc(CC(NN)c2cc3c(s2)CCCC3)c1. The van der Waals surface area contributed by atoms with Crippen molar-refractivity contribution in [1.29, 1.82) is 0 Å². The molecule has 1 unspecified atom stereocenters. The Morgan fingerprint density at radius 3 is 2.48 bits per heavy atom. The van der Waals surface area contributed by atoms with Crippen molar-refractivity contribution in [3.63, 3.8) is 0 Å². The van der Waals surface area contributed by atoms with Gasteiger partial charge in [-0.05, 0) is 63.1 Å². The molecule has 0 saturated carbocycles. The van der Waals surface area contributed by atoms with Crippen LogP contribution in [-0.4, -0.2) is 0 Å². The standard InChI is InChI=1S/C18H24N2S/c1-12-7-13(2)9-14(8-12)10-16(20-19)18-11-15-5-3-4-6-17(15)21-18/h7-9,11,16,20H,3-6,10,19H2,1-2H3. The van der Waals surface area contributed by atoms with Crippen LogP contribution in [0, 0.1) is 13.8 Å². The van der Waals surface area contributed by atoms with Crippen LogP contribution in [0.2, 0.25) is 0 Å². The normalized spacial score (nSPS) is 15.8. The molecule has 1 heterocycles. The molecule has 3 rings (SSSR count). The van der Waals surface area contributed by atoms with Gasteiger partial charge in [-0.25, -0.2) is 0 Å². The van der Waals surface area contributed by atoms with Crippen LogP contribution in [0.4, 0.5) is 0 Å². The molecule has 2 nitrogen and oxygen atoms in total. The van der Waals surface area contributed by atoms with Crippen LogP contribution < -0.4 is 11.3 Å². The molecule has 1 aromatic heterocycles. The number of hydrazine groups is 1. The van der Waals surface area contributed by atoms with Gasteiger partial charge < -0.3 is 0 Å². The third kappa shape index (κ3) is 3.37. The molecule has 21 heavy (non-hydrogen) atoms. The maximum Gasteiger partial charge on any atom is 0.0593 e. The lowest BCUT2D eigenvalue weighted by molar-refractivity contribution is 0.560. The van der Waals surface area contributed by atoms with Crippen LogP contribution in [0.1, 0.15) is 50.9 Å². The maximum absolute atomic E-state index is 5.84. The van der Waals surface area contributed by atoms with Gasteiger partial charge in [0.05, 0.1) is 6.04 Å². The highest BCUT2D eigenvalue weighted by atomic mass is 32.1. The Balaban J connectivity index is 1.82. The predicted molar refractivity (Wildman–Crippen MR) is 90.6 cm³/mol. The van der Waals surface area contributed by atoms with Gasteiger partial charge in [0.1, 0.15) is 0 Å². The van der Waals surface area contributed by atoms with Gasteiger partial charge in [0.15, 0.2) is 0 Å². The van der Waals surface area contributed by atoms with E-state index in [0.29, 0.717) is 0 Å². The van der Waals surface area contributed by atoms with E-state index in [4.69, 9.17) is 5.84 Å². The molecular weight excluding hydrogens is 276 g/mol. The average Bonchev–Trinajstić information content (AvgIpc) is 2.87. The maximum atomic E-state index is 5.84. The second-order valence-corrected chi connectivity index (χ2v) is 7.39. The van der Waals surface area contributed by atoms with Gasteiger partial charge >= 0.3 is 0 Å². The number of fused-ring (bicyclic) bond motifs is 1. The first kappa shape index (κ1) is 14.8. The number of hydrogen-bond acceptors (Lipinski definition) is 3. The Bertz CT molecular complexity index is 586. The summed E-state index contributed by atoms with van der Waals surface area (Å²) in [5, 5.41) is 0. The zero-order chi connectivity index (χ0) is 14.8. The summed E-state index contributed by atoms with van der Waals surface area (Å²) in [4.78, 5) is 2.97. The molecule has 3 N–H and O–H groups in total. The fourth-order valence-corrected chi connectivity index (χ4v) is 4.67. The van der Waals surface area contributed by atoms with E-state index in [1.165, 1.54) is 47.3 Å². The van der Waals surface area contributed by atoms with E-state index >= 15 is 0 Å². The molecule has 112 valence electrons. The summed E-state index contributed by atoms with van der Waals surface area (Å²) < 4.78 is 0. The smallest absolute Gasteiger partial charge is 0.0593 e. The number of rotatable bonds is 4. The Morgan fingerprint density at radius 2 is 1.81 bits per heavy atom. The number of benzene rings is 1. The van der Waals surface area contributed by atoms with Crippen molar-refractivity contribution in [2.45, 2.75) is 52.0 Å². The minimum Gasteiger partial charge on any atom is -0.271 e. The summed E-state index contributed by atoms with van der Waals surface area (Å²) in [5.41, 5.74) is 8.60. The Kier molecular flexibility index (Phi) is 4.43. The van der Waals surface area contributed by atoms with Gasteiger partial charge in [-0.2, -0.15) is 0 Å². The summed E-state index contributed by atoms with van der Waals surface area (Å²) in [6, 6.07) is 9.36. The van der Waals surface area contributed by atoms with Crippen molar-refractivity contribution in [3.05, 3.63) is 56.3 Å². The number of aryl methyl sites for hydroxylation is 4. The summed E-state index contributed by atoms with van der Waals surface area (Å²) in [7, 11) is 0. The fourth-order valence-electron chi connectivity index (χ4n) is 3.35. The average molecular weight is 300 g/mol. The molecule has 1 aliphatic carbocycles. The molecule has 1 aromatic carbocycles. The molecule has 0 amide bonds. The van der Waals surface area contributed by atoms with Crippen LogP contribution >= 0.6 is 11.3 Å². The first-order valence-corrected chi connectivity index (χ1v) is 8.62. The summed E-state index contributed by atoms with van der Waals surface area (Å²) >= 11 is 1.95. The van der Waals surface area contributed by atoms with Crippen LogP contribution in [0.25, 0.3) is 0 Å². The van der Waals surface area contributed by atoms with Crippen molar-refractivity contribution in [2.75, 3.05) is 0 Å². The summed E-state index contributed by atoms with van der Waals surface area (Å²) in [6.45, 7) is 4.32. The van der Waals surface area contributed by atoms with E-state index in [1.807, 2.05) is 11.3 Å². The monoisotopic (exact) mass is 300 g/mol.